The van der Waals surface area contributed by atoms with Crippen molar-refractivity contribution in [1.82, 2.24) is 14.8 Å². The van der Waals surface area contributed by atoms with E-state index >= 15 is 0 Å². The minimum Gasteiger partial charge on any atom is -0.478 e. The molecule has 3 rings (SSSR count). The number of aryl methyl sites for hydroxylation is 1. The first kappa shape index (κ1) is 18.8. The van der Waals surface area contributed by atoms with Crippen molar-refractivity contribution < 1.29 is 14.6 Å². The van der Waals surface area contributed by atoms with E-state index in [2.05, 4.69) is 21.7 Å². The van der Waals surface area contributed by atoms with Crippen LogP contribution in [-0.4, -0.2) is 33.0 Å². The Morgan fingerprint density at radius 1 is 1.07 bits per heavy atom. The van der Waals surface area contributed by atoms with Crippen LogP contribution in [0.2, 0.25) is 0 Å². The maximum Gasteiger partial charge on any atom is 0.336 e. The van der Waals surface area contributed by atoms with E-state index in [1.54, 1.807) is 19.2 Å². The zero-order chi connectivity index (χ0) is 19.2. The van der Waals surface area contributed by atoms with Gasteiger partial charge in [-0.2, -0.15) is 0 Å². The third-order valence-electron chi connectivity index (χ3n) is 4.41. The van der Waals surface area contributed by atoms with E-state index < -0.39 is 5.97 Å². The molecular weight excluding hydrogens is 342 g/mol. The minimum atomic E-state index is -0.924. The van der Waals surface area contributed by atoms with Crippen molar-refractivity contribution in [2.45, 2.75) is 32.9 Å². The Kier molecular flexibility index (Phi) is 5.98. The second-order valence-electron chi connectivity index (χ2n) is 6.35. The van der Waals surface area contributed by atoms with Crippen LogP contribution in [0.3, 0.4) is 0 Å². The fourth-order valence-corrected chi connectivity index (χ4v) is 3.09. The Balaban J connectivity index is 1.87. The van der Waals surface area contributed by atoms with Gasteiger partial charge in [-0.15, -0.1) is 10.2 Å². The van der Waals surface area contributed by atoms with Crippen LogP contribution in [0.5, 0.6) is 0 Å². The number of aromatic carboxylic acids is 1. The van der Waals surface area contributed by atoms with Gasteiger partial charge in [-0.3, -0.25) is 0 Å². The summed E-state index contributed by atoms with van der Waals surface area (Å²) in [4.78, 5) is 11.4. The lowest BCUT2D eigenvalue weighted by molar-refractivity contribution is 0.0697. The van der Waals surface area contributed by atoms with Crippen LogP contribution < -0.4 is 0 Å². The number of carbonyl (C=O) groups is 1. The Morgan fingerprint density at radius 2 is 1.78 bits per heavy atom. The number of rotatable bonds is 8. The van der Waals surface area contributed by atoms with E-state index in [0.29, 0.717) is 24.3 Å². The highest BCUT2D eigenvalue weighted by molar-refractivity contribution is 5.95. The summed E-state index contributed by atoms with van der Waals surface area (Å²) in [6.45, 7) is 3.19. The fraction of sp³-hybridized carbons (Fsp3) is 0.286. The number of aromatic nitrogens is 3. The average molecular weight is 365 g/mol. The summed E-state index contributed by atoms with van der Waals surface area (Å²) < 4.78 is 7.32. The van der Waals surface area contributed by atoms with E-state index in [4.69, 9.17) is 4.74 Å². The molecule has 3 aromatic rings. The van der Waals surface area contributed by atoms with Gasteiger partial charge in [-0.25, -0.2) is 4.79 Å². The van der Waals surface area contributed by atoms with E-state index in [9.17, 15) is 9.90 Å². The first-order valence-electron chi connectivity index (χ1n) is 8.95. The highest BCUT2D eigenvalue weighted by Gasteiger charge is 2.13. The highest BCUT2D eigenvalue weighted by atomic mass is 16.5. The largest absolute Gasteiger partial charge is 0.478 e. The van der Waals surface area contributed by atoms with Gasteiger partial charge in [0.05, 0.1) is 12.1 Å². The number of hydrogen-bond acceptors (Lipinski definition) is 4. The van der Waals surface area contributed by atoms with Gasteiger partial charge in [-0.1, -0.05) is 49.4 Å². The van der Waals surface area contributed by atoms with E-state index in [1.165, 1.54) is 0 Å². The van der Waals surface area contributed by atoms with Crippen LogP contribution >= 0.6 is 0 Å². The summed E-state index contributed by atoms with van der Waals surface area (Å²) in [5.41, 5.74) is 3.00. The van der Waals surface area contributed by atoms with E-state index in [1.807, 2.05) is 36.4 Å². The van der Waals surface area contributed by atoms with Gasteiger partial charge in [0, 0.05) is 13.5 Å². The molecular formula is C21H23N3O3. The zero-order valence-electron chi connectivity index (χ0n) is 15.6. The van der Waals surface area contributed by atoms with Crippen LogP contribution in [0.1, 0.15) is 40.9 Å². The Morgan fingerprint density at radius 3 is 2.44 bits per heavy atom. The predicted molar refractivity (Wildman–Crippen MR) is 103 cm³/mol. The molecule has 0 spiro atoms. The molecule has 6 heteroatoms. The number of carboxylic acid groups (broad SMARTS) is 1. The van der Waals surface area contributed by atoms with Gasteiger partial charge in [0.25, 0.3) is 0 Å². The summed E-state index contributed by atoms with van der Waals surface area (Å²) in [7, 11) is 1.65. The lowest BCUT2D eigenvalue weighted by atomic mass is 9.99. The molecule has 1 N–H and O–H groups in total. The Hall–Kier alpha value is -2.99. The quantitative estimate of drug-likeness (QED) is 0.657. The molecule has 140 valence electrons. The van der Waals surface area contributed by atoms with Crippen LogP contribution in [0.25, 0.3) is 11.1 Å². The Bertz CT molecular complexity index is 893. The highest BCUT2D eigenvalue weighted by Crippen LogP contribution is 2.24. The maximum atomic E-state index is 11.4. The Labute approximate surface area is 158 Å². The number of hydrogen-bond donors (Lipinski definition) is 1. The van der Waals surface area contributed by atoms with E-state index in [-0.39, 0.29) is 0 Å². The molecule has 1 aromatic heterocycles. The molecule has 0 aliphatic rings. The van der Waals surface area contributed by atoms with Gasteiger partial charge in [0.15, 0.2) is 5.82 Å². The first-order valence-corrected chi connectivity index (χ1v) is 8.95. The maximum absolute atomic E-state index is 11.4. The molecule has 1 heterocycles. The van der Waals surface area contributed by atoms with Gasteiger partial charge < -0.3 is 14.4 Å². The molecule has 6 nitrogen and oxygen atoms in total. The van der Waals surface area contributed by atoms with Gasteiger partial charge in [-0.05, 0) is 29.2 Å². The fourth-order valence-electron chi connectivity index (χ4n) is 3.09. The summed E-state index contributed by atoms with van der Waals surface area (Å²) in [6, 6.07) is 15.0. The van der Waals surface area contributed by atoms with Gasteiger partial charge >= 0.3 is 5.97 Å². The van der Waals surface area contributed by atoms with Crippen molar-refractivity contribution in [3.05, 3.63) is 71.3 Å². The lowest BCUT2D eigenvalue weighted by Gasteiger charge is -2.11. The predicted octanol–water partition coefficient (Wildman–Crippen LogP) is 3.79. The SMILES string of the molecule is CCCc1nnc(COC)n1Cc1ccc(-c2ccccc2C(=O)O)cc1. The van der Waals surface area contributed by atoms with Crippen molar-refractivity contribution in [2.75, 3.05) is 7.11 Å². The van der Waals surface area contributed by atoms with Crippen molar-refractivity contribution in [1.29, 1.82) is 0 Å². The molecule has 0 radical (unpaired) electrons. The molecule has 0 bridgehead atoms. The second-order valence-corrected chi connectivity index (χ2v) is 6.35. The smallest absolute Gasteiger partial charge is 0.336 e. The molecule has 0 amide bonds. The number of nitrogens with zero attached hydrogens (tertiary/aromatic N) is 3. The second kappa shape index (κ2) is 8.60. The number of methoxy groups -OCH3 is 1. The molecule has 27 heavy (non-hydrogen) atoms. The lowest BCUT2D eigenvalue weighted by Crippen LogP contribution is -2.10. The molecule has 0 saturated heterocycles. The topological polar surface area (TPSA) is 77.2 Å². The molecule has 0 saturated carbocycles. The van der Waals surface area contributed by atoms with Crippen LogP contribution in [-0.2, 0) is 24.3 Å². The van der Waals surface area contributed by atoms with Gasteiger partial charge in [0.2, 0.25) is 0 Å². The summed E-state index contributed by atoms with van der Waals surface area (Å²) in [6.07, 6.45) is 1.86. The van der Waals surface area contributed by atoms with Crippen molar-refractivity contribution in [3.63, 3.8) is 0 Å². The number of carboxylic acids is 1. The molecule has 0 unspecified atom stereocenters. The third-order valence-corrected chi connectivity index (χ3v) is 4.41. The summed E-state index contributed by atoms with van der Waals surface area (Å²) in [5.74, 6) is 0.832. The minimum absolute atomic E-state index is 0.302. The third kappa shape index (κ3) is 4.23. The molecule has 0 aliphatic carbocycles. The van der Waals surface area contributed by atoms with Crippen LogP contribution in [0, 0.1) is 0 Å². The number of benzene rings is 2. The monoisotopic (exact) mass is 365 g/mol. The van der Waals surface area contributed by atoms with Crippen LogP contribution in [0.4, 0.5) is 0 Å². The molecule has 2 aromatic carbocycles. The summed E-state index contributed by atoms with van der Waals surface area (Å²) >= 11 is 0. The first-order chi connectivity index (χ1) is 13.1. The van der Waals surface area contributed by atoms with Crippen molar-refractivity contribution >= 4 is 5.97 Å². The number of ether oxygens (including phenoxy) is 1. The molecule has 0 fully saturated rings. The van der Waals surface area contributed by atoms with E-state index in [0.717, 1.165) is 35.6 Å². The van der Waals surface area contributed by atoms with Crippen molar-refractivity contribution in [2.24, 2.45) is 0 Å². The molecule has 0 atom stereocenters. The summed E-state index contributed by atoms with van der Waals surface area (Å²) in [5, 5.41) is 17.9. The average Bonchev–Trinajstić information content (AvgIpc) is 3.04. The standard InChI is InChI=1S/C21H23N3O3/c1-3-6-19-22-23-20(14-27-2)24(19)13-15-9-11-16(12-10-15)17-7-4-5-8-18(17)21(25)26/h4-5,7-12H,3,6,13-14H2,1-2H3,(H,25,26). The zero-order valence-corrected chi connectivity index (χ0v) is 15.6. The van der Waals surface area contributed by atoms with Crippen molar-refractivity contribution in [3.8, 4) is 11.1 Å². The normalized spacial score (nSPS) is 10.9. The molecule has 0 aliphatic heterocycles. The van der Waals surface area contributed by atoms with Crippen LogP contribution in [0.15, 0.2) is 48.5 Å². The van der Waals surface area contributed by atoms with Gasteiger partial charge in [0.1, 0.15) is 12.4 Å².